The molecule has 0 amide bonds. The second kappa shape index (κ2) is 4.78. The van der Waals surface area contributed by atoms with Crippen molar-refractivity contribution in [3.63, 3.8) is 0 Å². The zero-order chi connectivity index (χ0) is 11.6. The van der Waals surface area contributed by atoms with Gasteiger partial charge in [-0.2, -0.15) is 0 Å². The molecule has 15 heavy (non-hydrogen) atoms. The summed E-state index contributed by atoms with van der Waals surface area (Å²) in [6.07, 6.45) is -0.956. The van der Waals surface area contributed by atoms with E-state index in [2.05, 4.69) is 0 Å². The second-order valence-corrected chi connectivity index (χ2v) is 4.90. The molecule has 2 unspecified atom stereocenters. The van der Waals surface area contributed by atoms with Crippen molar-refractivity contribution in [2.45, 2.75) is 24.3 Å². The molecule has 0 radical (unpaired) electrons. The molecule has 1 rings (SSSR count). The Kier molecular flexibility index (Phi) is 4.11. The predicted octanol–water partition coefficient (Wildman–Crippen LogP) is -1.59. The van der Waals surface area contributed by atoms with Crippen molar-refractivity contribution >= 4 is 15.4 Å². The molecule has 4 atom stereocenters. The third kappa shape index (κ3) is 3.41. The molecule has 1 saturated heterocycles. The summed E-state index contributed by atoms with van der Waals surface area (Å²) in [5.74, 6) is 0.728. The zero-order valence-electron chi connectivity index (χ0n) is 8.48. The van der Waals surface area contributed by atoms with Crippen LogP contribution in [0.1, 0.15) is 0 Å². The lowest BCUT2D eigenvalue weighted by Gasteiger charge is -2.14. The van der Waals surface area contributed by atoms with Crippen molar-refractivity contribution in [1.82, 2.24) is 0 Å². The van der Waals surface area contributed by atoms with E-state index in [4.69, 9.17) is 19.3 Å². The topological polar surface area (TPSA) is 96.2 Å². The van der Waals surface area contributed by atoms with Gasteiger partial charge in [0.25, 0.3) is 0 Å². The lowest BCUT2D eigenvalue weighted by molar-refractivity contribution is 0.00955. The Morgan fingerprint density at radius 3 is 2.53 bits per heavy atom. The van der Waals surface area contributed by atoms with Crippen LogP contribution in [0.4, 0.5) is 0 Å². The molecule has 1 aliphatic heterocycles. The van der Waals surface area contributed by atoms with Crippen molar-refractivity contribution in [3.8, 4) is 0 Å². The Balaban J connectivity index is 2.67. The largest absolute Gasteiger partial charge is 0.387 e. The van der Waals surface area contributed by atoms with Crippen molar-refractivity contribution in [2.75, 3.05) is 7.11 Å². The van der Waals surface area contributed by atoms with Gasteiger partial charge < -0.3 is 24.4 Å². The van der Waals surface area contributed by atoms with Crippen LogP contribution >= 0.6 is 7.60 Å². The van der Waals surface area contributed by atoms with Crippen LogP contribution in [0, 0.1) is 0 Å². The molecule has 0 spiro atoms. The van der Waals surface area contributed by atoms with Crippen molar-refractivity contribution in [3.05, 3.63) is 11.9 Å². The highest BCUT2D eigenvalue weighted by atomic mass is 31.2. The summed E-state index contributed by atoms with van der Waals surface area (Å²) < 4.78 is 20.8. The monoisotopic (exact) mass is 236 g/mol. The third-order valence-electron chi connectivity index (χ3n) is 2.25. The van der Waals surface area contributed by atoms with E-state index in [0.717, 1.165) is 5.82 Å². The fourth-order valence-electron chi connectivity index (χ4n) is 1.56. The first-order chi connectivity index (χ1) is 6.85. The van der Waals surface area contributed by atoms with Gasteiger partial charge in [-0.15, -0.1) is 0 Å². The molecule has 0 saturated carbocycles. The van der Waals surface area contributed by atoms with E-state index >= 15 is 0 Å². The molecule has 1 heterocycles. The molecule has 0 aromatic carbocycles. The van der Waals surface area contributed by atoms with E-state index in [9.17, 15) is 9.67 Å². The van der Waals surface area contributed by atoms with Gasteiger partial charge in [-0.05, 0) is 6.08 Å². The predicted molar refractivity (Wildman–Crippen MR) is 55.2 cm³/mol. The van der Waals surface area contributed by atoms with Gasteiger partial charge in [-0.3, -0.25) is 4.57 Å². The molecule has 8 heteroatoms. The summed E-state index contributed by atoms with van der Waals surface area (Å²) in [6.45, 7) is 0. The summed E-state index contributed by atoms with van der Waals surface area (Å²) in [5, 5.41) is 9.66. The maximum Gasteiger partial charge on any atom is 0.348 e. The molecule has 0 aromatic heterocycles. The molecule has 3 N–H and O–H groups in total. The molecular weight excluding hydrogens is 222 g/mol. The van der Waals surface area contributed by atoms with Gasteiger partial charge in [0.1, 0.15) is 26.2 Å². The van der Waals surface area contributed by atoms with Crippen LogP contribution in [0.5, 0.6) is 0 Å². The summed E-state index contributed by atoms with van der Waals surface area (Å²) in [6, 6.07) is -0.309. The highest BCUT2D eigenvalue weighted by Gasteiger charge is 2.40. The summed E-state index contributed by atoms with van der Waals surface area (Å²) in [4.78, 5) is 17.2. The van der Waals surface area contributed by atoms with Gasteiger partial charge in [0, 0.05) is 12.9 Å². The molecule has 0 aromatic rings. The van der Waals surface area contributed by atoms with E-state index < -0.39 is 25.9 Å². The summed E-state index contributed by atoms with van der Waals surface area (Å²) in [7, 11) is -1.03. The molecular formula is C7H14BO6P. The summed E-state index contributed by atoms with van der Waals surface area (Å²) in [5.41, 5.74) is 0. The molecule has 0 aliphatic carbocycles. The average molecular weight is 236 g/mol. The molecule has 1 aliphatic rings. The average Bonchev–Trinajstić information content (AvgIpc) is 2.37. The fraction of sp³-hybridized carbons (Fsp3) is 0.714. The number of ether oxygens (including phenoxy) is 2. The maximum atomic E-state index is 10.6. The third-order valence-corrected chi connectivity index (χ3v) is 2.81. The van der Waals surface area contributed by atoms with Crippen LogP contribution in [0.3, 0.4) is 0 Å². The smallest absolute Gasteiger partial charge is 0.348 e. The number of methoxy groups -OCH3 is 1. The van der Waals surface area contributed by atoms with Crippen LogP contribution in [-0.2, 0) is 14.0 Å². The van der Waals surface area contributed by atoms with Crippen molar-refractivity contribution in [2.24, 2.45) is 0 Å². The number of hydrogen-bond acceptors (Lipinski definition) is 4. The van der Waals surface area contributed by atoms with Crippen LogP contribution in [0.25, 0.3) is 0 Å². The zero-order valence-corrected chi connectivity index (χ0v) is 9.37. The van der Waals surface area contributed by atoms with Gasteiger partial charge in [0.15, 0.2) is 0 Å². The SMILES string of the molecule is B[C@@H]1O[C@H](/C=C/P(=O)(O)O)C(O)C1OC. The number of aliphatic hydroxyl groups excluding tert-OH is 1. The standard InChI is InChI=1S/C7H14BO6P/c1-13-6-5(9)4(14-7(6)8)2-3-15(10,11)12/h2-7,9H,8H2,1H3,(H2,10,11,12)/b3-2+/t4-,5?,6?,7-/m1/s1. The molecule has 6 nitrogen and oxygen atoms in total. The van der Waals surface area contributed by atoms with Crippen LogP contribution in [-0.4, -0.2) is 54.2 Å². The molecule has 0 bridgehead atoms. The van der Waals surface area contributed by atoms with E-state index in [1.165, 1.54) is 13.2 Å². The van der Waals surface area contributed by atoms with Gasteiger partial charge in [-0.1, -0.05) is 0 Å². The quantitative estimate of drug-likeness (QED) is 0.404. The van der Waals surface area contributed by atoms with Gasteiger partial charge >= 0.3 is 7.60 Å². The Morgan fingerprint density at radius 2 is 2.13 bits per heavy atom. The lowest BCUT2D eigenvalue weighted by Crippen LogP contribution is -2.33. The Morgan fingerprint density at radius 1 is 1.53 bits per heavy atom. The van der Waals surface area contributed by atoms with Crippen LogP contribution in [0.15, 0.2) is 11.9 Å². The number of hydrogen-bond donors (Lipinski definition) is 3. The number of aliphatic hydroxyl groups is 1. The maximum absolute atomic E-state index is 10.6. The van der Waals surface area contributed by atoms with Crippen LogP contribution in [0.2, 0.25) is 0 Å². The Labute approximate surface area is 88.5 Å². The van der Waals surface area contributed by atoms with Gasteiger partial charge in [-0.25, -0.2) is 0 Å². The normalized spacial score (nSPS) is 37.6. The fourth-order valence-corrected chi connectivity index (χ4v) is 1.95. The minimum absolute atomic E-state index is 0.309. The van der Waals surface area contributed by atoms with E-state index in [1.807, 2.05) is 0 Å². The van der Waals surface area contributed by atoms with E-state index in [0.29, 0.717) is 0 Å². The van der Waals surface area contributed by atoms with E-state index in [-0.39, 0.29) is 6.00 Å². The highest BCUT2D eigenvalue weighted by Crippen LogP contribution is 2.37. The van der Waals surface area contributed by atoms with Crippen molar-refractivity contribution < 1.29 is 28.9 Å². The molecule has 1 fully saturated rings. The molecule has 86 valence electrons. The summed E-state index contributed by atoms with van der Waals surface area (Å²) >= 11 is 0. The van der Waals surface area contributed by atoms with Gasteiger partial charge in [0.05, 0.1) is 6.00 Å². The minimum Gasteiger partial charge on any atom is -0.387 e. The van der Waals surface area contributed by atoms with Gasteiger partial charge in [0.2, 0.25) is 0 Å². The van der Waals surface area contributed by atoms with Crippen molar-refractivity contribution in [1.29, 1.82) is 0 Å². The first-order valence-corrected chi connectivity index (χ1v) is 6.14. The minimum atomic E-state index is -4.21. The first kappa shape index (κ1) is 12.9. The highest BCUT2D eigenvalue weighted by molar-refractivity contribution is 7.55. The Hall–Kier alpha value is -0.165. The number of rotatable bonds is 3. The second-order valence-electron chi connectivity index (χ2n) is 3.43. The lowest BCUT2D eigenvalue weighted by atomic mass is 9.93. The Bertz CT molecular complexity index is 289. The first-order valence-electron chi connectivity index (χ1n) is 4.46. The van der Waals surface area contributed by atoms with E-state index in [1.54, 1.807) is 7.85 Å². The van der Waals surface area contributed by atoms with Crippen LogP contribution < -0.4 is 0 Å².